The molecule has 0 aromatic rings. The second-order valence-corrected chi connectivity index (χ2v) is 9.89. The van der Waals surface area contributed by atoms with Crippen molar-refractivity contribution in [1.82, 2.24) is 0 Å². The van der Waals surface area contributed by atoms with Crippen LogP contribution in [0.25, 0.3) is 0 Å². The van der Waals surface area contributed by atoms with Crippen LogP contribution in [-0.2, 0) is 0 Å². The molecule has 0 rings (SSSR count). The highest BCUT2D eigenvalue weighted by Crippen LogP contribution is 2.21. The molecule has 0 aliphatic carbocycles. The zero-order valence-corrected chi connectivity index (χ0v) is 21.3. The van der Waals surface area contributed by atoms with Gasteiger partial charge in [0.15, 0.2) is 0 Å². The van der Waals surface area contributed by atoms with Gasteiger partial charge in [-0.25, -0.2) is 0 Å². The molecule has 0 saturated carbocycles. The molecule has 0 spiro atoms. The Balaban J connectivity index is 3.47. The summed E-state index contributed by atoms with van der Waals surface area (Å²) in [6.45, 7) is 12.7. The molecule has 0 aromatic carbocycles. The molecular formula is C30H58. The zero-order chi connectivity index (χ0) is 22.1. The van der Waals surface area contributed by atoms with Crippen molar-refractivity contribution < 1.29 is 0 Å². The number of allylic oxidation sites excluding steroid dienone is 2. The molecule has 0 heterocycles. The van der Waals surface area contributed by atoms with E-state index in [4.69, 9.17) is 0 Å². The van der Waals surface area contributed by atoms with Gasteiger partial charge in [-0.3, -0.25) is 0 Å². The molecule has 2 radical (unpaired) electrons. The van der Waals surface area contributed by atoms with Gasteiger partial charge in [0.1, 0.15) is 0 Å². The van der Waals surface area contributed by atoms with Crippen molar-refractivity contribution in [3.8, 4) is 0 Å². The van der Waals surface area contributed by atoms with Crippen LogP contribution in [0.5, 0.6) is 0 Å². The summed E-state index contributed by atoms with van der Waals surface area (Å²) in [5, 5.41) is 0. The van der Waals surface area contributed by atoms with Gasteiger partial charge in [0.25, 0.3) is 0 Å². The van der Waals surface area contributed by atoms with Crippen molar-refractivity contribution in [3.63, 3.8) is 0 Å². The van der Waals surface area contributed by atoms with Gasteiger partial charge in [-0.15, -0.1) is 0 Å². The second kappa shape index (κ2) is 25.0. The van der Waals surface area contributed by atoms with Crippen molar-refractivity contribution in [2.45, 2.75) is 155 Å². The van der Waals surface area contributed by atoms with E-state index in [1.807, 2.05) is 0 Å². The van der Waals surface area contributed by atoms with Crippen LogP contribution in [-0.4, -0.2) is 0 Å². The third kappa shape index (κ3) is 22.4. The number of rotatable bonds is 24. The van der Waals surface area contributed by atoms with Crippen molar-refractivity contribution in [1.29, 1.82) is 0 Å². The van der Waals surface area contributed by atoms with Crippen molar-refractivity contribution in [3.05, 3.63) is 26.0 Å². The van der Waals surface area contributed by atoms with Crippen LogP contribution < -0.4 is 0 Å². The molecule has 2 unspecified atom stereocenters. The lowest BCUT2D eigenvalue weighted by atomic mass is 9.93. The molecule has 0 aliphatic rings. The fraction of sp³-hybridized carbons (Fsp3) is 0.867. The van der Waals surface area contributed by atoms with Crippen LogP contribution >= 0.6 is 0 Å². The minimum absolute atomic E-state index is 0.909. The van der Waals surface area contributed by atoms with E-state index in [0.717, 1.165) is 24.7 Å². The molecule has 0 aliphatic heterocycles. The molecule has 0 amide bonds. The fourth-order valence-electron chi connectivity index (χ4n) is 4.54. The van der Waals surface area contributed by atoms with E-state index in [2.05, 4.69) is 39.8 Å². The fourth-order valence-corrected chi connectivity index (χ4v) is 4.54. The topological polar surface area (TPSA) is 0 Å². The van der Waals surface area contributed by atoms with Gasteiger partial charge >= 0.3 is 0 Å². The maximum Gasteiger partial charge on any atom is -0.0348 e. The quantitative estimate of drug-likeness (QED) is 0.108. The molecule has 178 valence electrons. The van der Waals surface area contributed by atoms with E-state index in [9.17, 15) is 0 Å². The molecular weight excluding hydrogens is 360 g/mol. The number of unbranched alkanes of at least 4 members (excludes halogenated alkanes) is 13. The summed E-state index contributed by atoms with van der Waals surface area (Å²) in [5.41, 5.74) is 0. The summed E-state index contributed by atoms with van der Waals surface area (Å²) in [4.78, 5) is 0. The summed E-state index contributed by atoms with van der Waals surface area (Å²) in [5.74, 6) is 1.86. The third-order valence-electron chi connectivity index (χ3n) is 6.86. The van der Waals surface area contributed by atoms with Crippen molar-refractivity contribution in [2.75, 3.05) is 0 Å². The lowest BCUT2D eigenvalue weighted by Crippen LogP contribution is -1.98. The average molecular weight is 419 g/mol. The van der Waals surface area contributed by atoms with Crippen LogP contribution in [0.2, 0.25) is 0 Å². The average Bonchev–Trinajstić information content (AvgIpc) is 2.75. The number of hydrogen-bond acceptors (Lipinski definition) is 0. The maximum absolute atomic E-state index is 3.93. The first-order chi connectivity index (χ1) is 14.7. The molecule has 0 fully saturated rings. The normalized spacial score (nSPS) is 13.9. The van der Waals surface area contributed by atoms with Crippen LogP contribution in [0.1, 0.15) is 155 Å². The molecule has 0 bridgehead atoms. The van der Waals surface area contributed by atoms with Gasteiger partial charge in [-0.1, -0.05) is 155 Å². The first-order valence-corrected chi connectivity index (χ1v) is 14.0. The van der Waals surface area contributed by atoms with E-state index < -0.39 is 0 Å². The first-order valence-electron chi connectivity index (χ1n) is 14.0. The Hall–Kier alpha value is -0.260. The van der Waals surface area contributed by atoms with Gasteiger partial charge in [0.05, 0.1) is 0 Å². The standard InChI is InChI=1S/C30H58/c1-5-8-10-12-13-14-15-16-19-23-27-30(7-3)28-24-20-17-18-22-26-29(4)25-21-11-9-6-2/h17,20,29-30H,1-2,5-16,18-19,21-28H2,3-4H3. The highest BCUT2D eigenvalue weighted by molar-refractivity contribution is 4.82. The molecule has 0 N–H and O–H groups in total. The van der Waals surface area contributed by atoms with Gasteiger partial charge in [-0.2, -0.15) is 0 Å². The largest absolute Gasteiger partial charge is 0.0885 e. The summed E-state index contributed by atoms with van der Waals surface area (Å²) in [6, 6.07) is 0. The molecule has 0 aromatic heterocycles. The summed E-state index contributed by atoms with van der Waals surface area (Å²) >= 11 is 0. The Morgan fingerprint density at radius 1 is 0.533 bits per heavy atom. The summed E-state index contributed by atoms with van der Waals surface area (Å²) in [7, 11) is 0. The Morgan fingerprint density at radius 2 is 1.00 bits per heavy atom. The minimum atomic E-state index is 0.909. The van der Waals surface area contributed by atoms with E-state index in [1.165, 1.54) is 128 Å². The van der Waals surface area contributed by atoms with Gasteiger partial charge < -0.3 is 0 Å². The molecule has 0 saturated heterocycles. The Bertz CT molecular complexity index is 329. The van der Waals surface area contributed by atoms with Crippen LogP contribution in [0.3, 0.4) is 0 Å². The Morgan fingerprint density at radius 3 is 1.60 bits per heavy atom. The zero-order valence-electron chi connectivity index (χ0n) is 21.3. The van der Waals surface area contributed by atoms with Crippen LogP contribution in [0, 0.1) is 25.7 Å². The number of hydrogen-bond donors (Lipinski definition) is 0. The van der Waals surface area contributed by atoms with E-state index >= 15 is 0 Å². The van der Waals surface area contributed by atoms with Crippen LogP contribution in [0.4, 0.5) is 0 Å². The first kappa shape index (κ1) is 29.7. The lowest BCUT2D eigenvalue weighted by Gasteiger charge is -2.13. The van der Waals surface area contributed by atoms with E-state index in [-0.39, 0.29) is 0 Å². The molecule has 0 heteroatoms. The van der Waals surface area contributed by atoms with Crippen molar-refractivity contribution >= 4 is 0 Å². The predicted octanol–water partition coefficient (Wildman–Crippen LogP) is 11.1. The highest BCUT2D eigenvalue weighted by atomic mass is 14.1. The van der Waals surface area contributed by atoms with Gasteiger partial charge in [0.2, 0.25) is 0 Å². The third-order valence-corrected chi connectivity index (χ3v) is 6.86. The summed E-state index contributed by atoms with van der Waals surface area (Å²) < 4.78 is 0. The lowest BCUT2D eigenvalue weighted by molar-refractivity contribution is 0.414. The monoisotopic (exact) mass is 418 g/mol. The van der Waals surface area contributed by atoms with Crippen molar-refractivity contribution in [2.24, 2.45) is 11.8 Å². The van der Waals surface area contributed by atoms with E-state index in [1.54, 1.807) is 0 Å². The highest BCUT2D eigenvalue weighted by Gasteiger charge is 2.05. The van der Waals surface area contributed by atoms with Gasteiger partial charge in [-0.05, 0) is 37.5 Å². The minimum Gasteiger partial charge on any atom is -0.0885 e. The second-order valence-electron chi connectivity index (χ2n) is 9.89. The SMILES string of the molecule is [CH2]CCCCCCCCCCCC(CC)CCC=CCCCC(C)CCCCC[CH2]. The molecule has 0 nitrogen and oxygen atoms in total. The summed E-state index contributed by atoms with van der Waals surface area (Å²) in [6.07, 6.45) is 35.1. The van der Waals surface area contributed by atoms with Crippen LogP contribution in [0.15, 0.2) is 12.2 Å². The van der Waals surface area contributed by atoms with E-state index in [0.29, 0.717) is 0 Å². The molecule has 30 heavy (non-hydrogen) atoms. The smallest absolute Gasteiger partial charge is 0.0348 e. The Labute approximate surface area is 193 Å². The van der Waals surface area contributed by atoms with Gasteiger partial charge in [0, 0.05) is 0 Å². The predicted molar refractivity (Wildman–Crippen MR) is 140 cm³/mol. The Kier molecular flexibility index (Phi) is 24.8. The molecule has 2 atom stereocenters. The maximum atomic E-state index is 3.93.